The lowest BCUT2D eigenvalue weighted by Gasteiger charge is -1.88. The minimum absolute atomic E-state index is 0.588. The molecule has 6 heteroatoms. The molecule has 2 heterocycles. The minimum atomic E-state index is 0.588. The quantitative estimate of drug-likeness (QED) is 0.598. The predicted octanol–water partition coefficient (Wildman–Crippen LogP) is -0.343. The molecule has 0 aromatic carbocycles. The van der Waals surface area contributed by atoms with Crippen molar-refractivity contribution in [3.8, 4) is 11.5 Å². The van der Waals surface area contributed by atoms with Crippen molar-refractivity contribution < 1.29 is 0 Å². The molecule has 11 heavy (non-hydrogen) atoms. The molecule has 0 amide bonds. The van der Waals surface area contributed by atoms with E-state index in [1.807, 2.05) is 0 Å². The first-order valence-electron chi connectivity index (χ1n) is 2.97. The van der Waals surface area contributed by atoms with Crippen LogP contribution in [0.3, 0.4) is 0 Å². The Bertz CT molecular complexity index is 314. The molecule has 0 spiro atoms. The van der Waals surface area contributed by atoms with Crippen LogP contribution in [0.1, 0.15) is 0 Å². The Morgan fingerprint density at radius 3 is 2.91 bits per heavy atom. The van der Waals surface area contributed by atoms with Gasteiger partial charge in [0.25, 0.3) is 0 Å². The Morgan fingerprint density at radius 2 is 2.27 bits per heavy atom. The Hall–Kier alpha value is -1.85. The zero-order valence-corrected chi connectivity index (χ0v) is 5.47. The summed E-state index contributed by atoms with van der Waals surface area (Å²) in [6.45, 7) is 0. The summed E-state index contributed by atoms with van der Waals surface area (Å²) in [5.74, 6) is 0.646. The van der Waals surface area contributed by atoms with Gasteiger partial charge in [-0.25, -0.2) is 4.98 Å². The van der Waals surface area contributed by atoms with E-state index in [0.29, 0.717) is 11.5 Å². The first-order valence-corrected chi connectivity index (χ1v) is 2.97. The van der Waals surface area contributed by atoms with E-state index in [-0.39, 0.29) is 0 Å². The molecular weight excluding hydrogens is 144 g/mol. The molecule has 0 saturated heterocycles. The Kier molecular flexibility index (Phi) is 1.29. The second-order valence-corrected chi connectivity index (χ2v) is 1.85. The molecule has 2 rings (SSSR count). The van der Waals surface area contributed by atoms with Crippen molar-refractivity contribution in [1.29, 1.82) is 0 Å². The molecule has 0 aliphatic carbocycles. The highest BCUT2D eigenvalue weighted by atomic mass is 15.4. The van der Waals surface area contributed by atoms with Gasteiger partial charge in [-0.2, -0.15) is 0 Å². The van der Waals surface area contributed by atoms with Crippen LogP contribution in [0.15, 0.2) is 18.6 Å². The minimum Gasteiger partial charge on any atom is -0.343 e. The summed E-state index contributed by atoms with van der Waals surface area (Å²) < 4.78 is 0. The highest BCUT2D eigenvalue weighted by Crippen LogP contribution is 2.05. The number of hydrogen-bond donors (Lipinski definition) is 1. The lowest BCUT2D eigenvalue weighted by Crippen LogP contribution is -1.93. The van der Waals surface area contributed by atoms with Crippen LogP contribution in [-0.4, -0.2) is 30.6 Å². The maximum Gasteiger partial charge on any atom is 0.159 e. The number of aromatic amines is 1. The number of imidazole rings is 1. The highest BCUT2D eigenvalue weighted by molar-refractivity contribution is 5.44. The molecule has 0 aliphatic heterocycles. The Balaban J connectivity index is 2.46. The first kappa shape index (κ1) is 5.90. The van der Waals surface area contributed by atoms with E-state index in [9.17, 15) is 0 Å². The van der Waals surface area contributed by atoms with Gasteiger partial charge in [0.05, 0.1) is 6.20 Å². The first-order chi connectivity index (χ1) is 5.47. The van der Waals surface area contributed by atoms with Crippen molar-refractivity contribution in [2.75, 3.05) is 0 Å². The van der Waals surface area contributed by atoms with Crippen molar-refractivity contribution >= 4 is 0 Å². The molecule has 0 fully saturated rings. The van der Waals surface area contributed by atoms with E-state index in [4.69, 9.17) is 0 Å². The summed E-state index contributed by atoms with van der Waals surface area (Å²) in [4.78, 5) is 6.83. The van der Waals surface area contributed by atoms with Gasteiger partial charge in [0.1, 0.15) is 0 Å². The smallest absolute Gasteiger partial charge is 0.159 e. The van der Waals surface area contributed by atoms with Crippen LogP contribution in [-0.2, 0) is 0 Å². The topological polar surface area (TPSA) is 80.2 Å². The lowest BCUT2D eigenvalue weighted by atomic mass is 10.5. The third kappa shape index (κ3) is 1.05. The summed E-state index contributed by atoms with van der Waals surface area (Å²) >= 11 is 0. The van der Waals surface area contributed by atoms with E-state index < -0.39 is 0 Å². The maximum absolute atomic E-state index is 3.96. The summed E-state index contributed by atoms with van der Waals surface area (Å²) in [7, 11) is 0. The molecule has 1 N–H and O–H groups in total. The average molecular weight is 148 g/mol. The zero-order valence-electron chi connectivity index (χ0n) is 5.47. The van der Waals surface area contributed by atoms with Crippen molar-refractivity contribution in [1.82, 2.24) is 30.6 Å². The number of nitrogens with one attached hydrogen (secondary N) is 1. The molecule has 54 valence electrons. The van der Waals surface area contributed by atoms with Gasteiger partial charge in [0, 0.05) is 12.4 Å². The predicted molar refractivity (Wildman–Crippen MR) is 35.2 cm³/mol. The van der Waals surface area contributed by atoms with E-state index in [0.717, 1.165) is 0 Å². The van der Waals surface area contributed by atoms with E-state index in [2.05, 4.69) is 30.6 Å². The molecule has 0 aliphatic rings. The number of aromatic nitrogens is 6. The van der Waals surface area contributed by atoms with Gasteiger partial charge in [-0.3, -0.25) is 0 Å². The summed E-state index contributed by atoms with van der Waals surface area (Å²) in [6, 6.07) is 0. The SMILES string of the molecule is c1c[nH]c(-c2cnnnn2)n1. The highest BCUT2D eigenvalue weighted by Gasteiger charge is 1.99. The van der Waals surface area contributed by atoms with Crippen molar-refractivity contribution in [3.05, 3.63) is 18.6 Å². The fourth-order valence-corrected chi connectivity index (χ4v) is 0.711. The fraction of sp³-hybridized carbons (Fsp3) is 0. The third-order valence-electron chi connectivity index (χ3n) is 1.16. The molecule has 2 aromatic heterocycles. The van der Waals surface area contributed by atoms with Gasteiger partial charge in [-0.05, 0) is 10.4 Å². The molecule has 0 bridgehead atoms. The largest absolute Gasteiger partial charge is 0.343 e. The molecule has 0 saturated carbocycles. The van der Waals surface area contributed by atoms with Gasteiger partial charge in [-0.1, -0.05) is 0 Å². The number of nitrogens with zero attached hydrogens (tertiary/aromatic N) is 5. The van der Waals surface area contributed by atoms with Crippen molar-refractivity contribution in [2.24, 2.45) is 0 Å². The average Bonchev–Trinajstić information content (AvgIpc) is 2.58. The molecule has 0 unspecified atom stereocenters. The van der Waals surface area contributed by atoms with Gasteiger partial charge in [0.15, 0.2) is 11.5 Å². The summed E-state index contributed by atoms with van der Waals surface area (Å²) in [5.41, 5.74) is 0.588. The standard InChI is InChI=1S/C5H4N6/c1-2-7-5(6-1)4-3-8-10-11-9-4/h1-3H,(H,6,7). The van der Waals surface area contributed by atoms with Crippen LogP contribution in [0.25, 0.3) is 11.5 Å². The Morgan fingerprint density at radius 1 is 1.27 bits per heavy atom. The van der Waals surface area contributed by atoms with Gasteiger partial charge in [-0.15, -0.1) is 10.2 Å². The molecule has 0 radical (unpaired) electrons. The van der Waals surface area contributed by atoms with Crippen molar-refractivity contribution in [2.45, 2.75) is 0 Å². The molecule has 6 nitrogen and oxygen atoms in total. The van der Waals surface area contributed by atoms with Crippen LogP contribution in [0.5, 0.6) is 0 Å². The molecule has 0 atom stereocenters. The van der Waals surface area contributed by atoms with Crippen LogP contribution < -0.4 is 0 Å². The number of H-pyrrole nitrogens is 1. The lowest BCUT2D eigenvalue weighted by molar-refractivity contribution is 0.763. The zero-order chi connectivity index (χ0) is 7.52. The van der Waals surface area contributed by atoms with Crippen LogP contribution in [0.2, 0.25) is 0 Å². The number of hydrogen-bond acceptors (Lipinski definition) is 5. The Labute approximate surface area is 61.7 Å². The summed E-state index contributed by atoms with van der Waals surface area (Å²) in [6.07, 6.45) is 4.83. The number of rotatable bonds is 1. The second kappa shape index (κ2) is 2.41. The fourth-order valence-electron chi connectivity index (χ4n) is 0.711. The third-order valence-corrected chi connectivity index (χ3v) is 1.16. The van der Waals surface area contributed by atoms with Crippen LogP contribution in [0.4, 0.5) is 0 Å². The van der Waals surface area contributed by atoms with Gasteiger partial charge >= 0.3 is 0 Å². The van der Waals surface area contributed by atoms with E-state index in [1.165, 1.54) is 6.20 Å². The van der Waals surface area contributed by atoms with Crippen molar-refractivity contribution in [3.63, 3.8) is 0 Å². The second-order valence-electron chi connectivity index (χ2n) is 1.85. The van der Waals surface area contributed by atoms with Gasteiger partial charge < -0.3 is 4.98 Å². The molecular formula is C5H4N6. The van der Waals surface area contributed by atoms with Crippen LogP contribution in [0, 0.1) is 0 Å². The normalized spacial score (nSPS) is 9.82. The molecule has 2 aromatic rings. The van der Waals surface area contributed by atoms with Crippen LogP contribution >= 0.6 is 0 Å². The monoisotopic (exact) mass is 148 g/mol. The maximum atomic E-state index is 3.96. The van der Waals surface area contributed by atoms with E-state index in [1.54, 1.807) is 12.4 Å². The summed E-state index contributed by atoms with van der Waals surface area (Å²) in [5, 5.41) is 13.9. The van der Waals surface area contributed by atoms with E-state index >= 15 is 0 Å². The van der Waals surface area contributed by atoms with Gasteiger partial charge in [0.2, 0.25) is 0 Å².